The molecule has 100 valence electrons. The van der Waals surface area contributed by atoms with Crippen molar-refractivity contribution in [3.8, 4) is 0 Å². The fourth-order valence-corrected chi connectivity index (χ4v) is 0.972. The number of ether oxygens (including phenoxy) is 1. The molecule has 0 fully saturated rings. The molecule has 0 radical (unpaired) electrons. The number of carbonyl (C=O) groups excluding carboxylic acids is 1. The molecule has 0 aliphatic rings. The van der Waals surface area contributed by atoms with Gasteiger partial charge in [0.15, 0.2) is 6.04 Å². The zero-order valence-corrected chi connectivity index (χ0v) is 10.3. The predicted molar refractivity (Wildman–Crippen MR) is 60.8 cm³/mol. The van der Waals surface area contributed by atoms with Crippen molar-refractivity contribution in [3.63, 3.8) is 0 Å². The maximum Gasteiger partial charge on any atom is 0.328 e. The third kappa shape index (κ3) is 6.75. The highest BCUT2D eigenvalue weighted by Gasteiger charge is 2.20. The van der Waals surface area contributed by atoms with Crippen LogP contribution in [0, 0.1) is 0 Å². The summed E-state index contributed by atoms with van der Waals surface area (Å²) >= 11 is 0. The summed E-state index contributed by atoms with van der Waals surface area (Å²) in [5, 5.41) is 19.6. The van der Waals surface area contributed by atoms with Gasteiger partial charge in [0.1, 0.15) is 0 Å². The first-order chi connectivity index (χ1) is 7.88. The number of aliphatic hydroxyl groups is 1. The maximum atomic E-state index is 11.5. The third-order valence-corrected chi connectivity index (χ3v) is 2.00. The van der Waals surface area contributed by atoms with Gasteiger partial charge < -0.3 is 25.2 Å². The molecule has 2 amide bonds. The van der Waals surface area contributed by atoms with Crippen LogP contribution in [0.2, 0.25) is 0 Å². The van der Waals surface area contributed by atoms with Crippen molar-refractivity contribution in [1.29, 1.82) is 0 Å². The van der Waals surface area contributed by atoms with Crippen LogP contribution in [-0.4, -0.2) is 66.1 Å². The highest BCUT2D eigenvalue weighted by Crippen LogP contribution is 1.92. The summed E-state index contributed by atoms with van der Waals surface area (Å²) in [5.41, 5.74) is 0. The summed E-state index contributed by atoms with van der Waals surface area (Å²) < 4.78 is 5.25. The van der Waals surface area contributed by atoms with Crippen molar-refractivity contribution >= 4 is 12.0 Å². The molecule has 0 aromatic heterocycles. The van der Waals surface area contributed by atoms with E-state index in [4.69, 9.17) is 14.9 Å². The van der Waals surface area contributed by atoms with Gasteiger partial charge in [0.2, 0.25) is 0 Å². The molecule has 0 aromatic carbocycles. The lowest BCUT2D eigenvalue weighted by Crippen LogP contribution is -2.49. The number of carboxylic acids is 1. The molecule has 3 N–H and O–H groups in total. The van der Waals surface area contributed by atoms with Gasteiger partial charge in [-0.1, -0.05) is 0 Å². The molecule has 0 bridgehead atoms. The number of nitrogens with zero attached hydrogens (tertiary/aromatic N) is 1. The van der Waals surface area contributed by atoms with Gasteiger partial charge in [-0.25, -0.2) is 9.59 Å². The molecular formula is C10H20N2O5. The summed E-state index contributed by atoms with van der Waals surface area (Å²) in [6.07, 6.45) is 0.0793. The molecule has 0 aromatic rings. The topological polar surface area (TPSA) is 99.1 Å². The molecule has 0 saturated carbocycles. The van der Waals surface area contributed by atoms with Gasteiger partial charge in [-0.05, 0) is 13.8 Å². The SMILES string of the molecule is CC(C)OCCN(C)C(=O)N[C@H](CO)C(=O)O. The molecule has 7 heteroatoms. The van der Waals surface area contributed by atoms with Crippen LogP contribution < -0.4 is 5.32 Å². The van der Waals surface area contributed by atoms with Crippen LogP contribution >= 0.6 is 0 Å². The Morgan fingerprint density at radius 3 is 2.41 bits per heavy atom. The smallest absolute Gasteiger partial charge is 0.328 e. The van der Waals surface area contributed by atoms with E-state index in [9.17, 15) is 9.59 Å². The highest BCUT2D eigenvalue weighted by molar-refractivity contribution is 5.82. The number of nitrogens with one attached hydrogen (secondary N) is 1. The fraction of sp³-hybridized carbons (Fsp3) is 0.800. The number of carbonyl (C=O) groups is 2. The lowest BCUT2D eigenvalue weighted by atomic mass is 10.3. The van der Waals surface area contributed by atoms with Crippen LogP contribution in [0.5, 0.6) is 0 Å². The van der Waals surface area contributed by atoms with Crippen LogP contribution in [0.1, 0.15) is 13.8 Å². The van der Waals surface area contributed by atoms with E-state index in [2.05, 4.69) is 5.32 Å². The number of aliphatic hydroxyl groups excluding tert-OH is 1. The molecule has 0 heterocycles. The molecule has 0 spiro atoms. The summed E-state index contributed by atoms with van der Waals surface area (Å²) in [7, 11) is 1.52. The Morgan fingerprint density at radius 1 is 1.41 bits per heavy atom. The normalized spacial score (nSPS) is 12.3. The van der Waals surface area contributed by atoms with Crippen molar-refractivity contribution in [2.24, 2.45) is 0 Å². The van der Waals surface area contributed by atoms with E-state index < -0.39 is 24.6 Å². The second-order valence-electron chi connectivity index (χ2n) is 3.86. The number of amides is 2. The lowest BCUT2D eigenvalue weighted by molar-refractivity contribution is -0.140. The Bertz CT molecular complexity index is 257. The van der Waals surface area contributed by atoms with Crippen molar-refractivity contribution < 1.29 is 24.5 Å². The zero-order chi connectivity index (χ0) is 13.4. The number of hydrogen-bond donors (Lipinski definition) is 3. The molecule has 0 unspecified atom stereocenters. The van der Waals surface area contributed by atoms with Crippen LogP contribution in [0.15, 0.2) is 0 Å². The van der Waals surface area contributed by atoms with E-state index in [-0.39, 0.29) is 6.10 Å². The Kier molecular flexibility index (Phi) is 7.24. The molecule has 0 aliphatic heterocycles. The van der Waals surface area contributed by atoms with Gasteiger partial charge in [0.05, 0.1) is 19.3 Å². The number of likely N-dealkylation sites (N-methyl/N-ethyl adjacent to an activating group) is 1. The molecule has 7 nitrogen and oxygen atoms in total. The summed E-state index contributed by atoms with van der Waals surface area (Å²) in [4.78, 5) is 23.4. The van der Waals surface area contributed by atoms with Crippen molar-refractivity contribution in [3.05, 3.63) is 0 Å². The van der Waals surface area contributed by atoms with E-state index in [1.807, 2.05) is 13.8 Å². The molecule has 0 rings (SSSR count). The quantitative estimate of drug-likeness (QED) is 0.564. The zero-order valence-electron chi connectivity index (χ0n) is 10.3. The van der Waals surface area contributed by atoms with Crippen molar-refractivity contribution in [1.82, 2.24) is 10.2 Å². The van der Waals surface area contributed by atoms with Crippen molar-refractivity contribution in [2.45, 2.75) is 26.0 Å². The first-order valence-electron chi connectivity index (χ1n) is 5.35. The predicted octanol–water partition coefficient (Wildman–Crippen LogP) is -0.502. The monoisotopic (exact) mass is 248 g/mol. The number of carboxylic acid groups (broad SMARTS) is 1. The Hall–Kier alpha value is -1.34. The molecule has 17 heavy (non-hydrogen) atoms. The Balaban J connectivity index is 4.00. The summed E-state index contributed by atoms with van der Waals surface area (Å²) in [6.45, 7) is 3.84. The van der Waals surface area contributed by atoms with Gasteiger partial charge in [-0.15, -0.1) is 0 Å². The minimum Gasteiger partial charge on any atom is -0.480 e. The van der Waals surface area contributed by atoms with E-state index >= 15 is 0 Å². The van der Waals surface area contributed by atoms with Crippen LogP contribution in [0.25, 0.3) is 0 Å². The summed E-state index contributed by atoms with van der Waals surface area (Å²) in [5.74, 6) is -1.27. The summed E-state index contributed by atoms with van der Waals surface area (Å²) in [6, 6.07) is -1.84. The van der Waals surface area contributed by atoms with E-state index in [1.165, 1.54) is 11.9 Å². The Morgan fingerprint density at radius 2 is 2.00 bits per heavy atom. The van der Waals surface area contributed by atoms with Gasteiger partial charge in [-0.3, -0.25) is 0 Å². The van der Waals surface area contributed by atoms with Gasteiger partial charge >= 0.3 is 12.0 Å². The number of urea groups is 1. The first-order valence-corrected chi connectivity index (χ1v) is 5.35. The first kappa shape index (κ1) is 15.7. The standard InChI is InChI=1S/C10H20N2O5/c1-7(2)17-5-4-12(3)10(16)11-8(6-13)9(14)15/h7-8,13H,4-6H2,1-3H3,(H,11,16)(H,14,15)/t8-/m1/s1. The molecule has 0 aliphatic carbocycles. The lowest BCUT2D eigenvalue weighted by Gasteiger charge is -2.20. The van der Waals surface area contributed by atoms with Gasteiger partial charge in [-0.2, -0.15) is 0 Å². The highest BCUT2D eigenvalue weighted by atomic mass is 16.5. The molecule has 1 atom stereocenters. The molecule has 0 saturated heterocycles. The minimum atomic E-state index is -1.28. The van der Waals surface area contributed by atoms with Crippen molar-refractivity contribution in [2.75, 3.05) is 26.8 Å². The average Bonchev–Trinajstić information content (AvgIpc) is 2.24. The largest absolute Gasteiger partial charge is 0.480 e. The van der Waals surface area contributed by atoms with Crippen LogP contribution in [-0.2, 0) is 9.53 Å². The van der Waals surface area contributed by atoms with Crippen LogP contribution in [0.4, 0.5) is 4.79 Å². The van der Waals surface area contributed by atoms with Gasteiger partial charge in [0, 0.05) is 13.6 Å². The van der Waals surface area contributed by atoms with Gasteiger partial charge in [0.25, 0.3) is 0 Å². The third-order valence-electron chi connectivity index (χ3n) is 2.00. The number of rotatable bonds is 7. The number of aliphatic carboxylic acids is 1. The number of hydrogen-bond acceptors (Lipinski definition) is 4. The van der Waals surface area contributed by atoms with E-state index in [0.717, 1.165) is 0 Å². The Labute approximate surface area is 100 Å². The van der Waals surface area contributed by atoms with E-state index in [0.29, 0.717) is 13.2 Å². The minimum absolute atomic E-state index is 0.0793. The average molecular weight is 248 g/mol. The second kappa shape index (κ2) is 7.86. The second-order valence-corrected chi connectivity index (χ2v) is 3.86. The van der Waals surface area contributed by atoms with E-state index in [1.54, 1.807) is 0 Å². The molecular weight excluding hydrogens is 228 g/mol. The maximum absolute atomic E-state index is 11.5. The fourth-order valence-electron chi connectivity index (χ4n) is 0.972. The van der Waals surface area contributed by atoms with Crippen LogP contribution in [0.3, 0.4) is 0 Å².